The quantitative estimate of drug-likeness (QED) is 0.571. The smallest absolute Gasteiger partial charge is 0.201 e. The van der Waals surface area contributed by atoms with Gasteiger partial charge in [-0.05, 0) is 44.4 Å². The molecule has 5 rings (SSSR count). The van der Waals surface area contributed by atoms with E-state index in [1.165, 1.54) is 6.42 Å². The topological polar surface area (TPSA) is 46.2 Å². The fraction of sp³-hybridized carbons (Fsp3) is 1.00. The van der Waals surface area contributed by atoms with E-state index in [1.54, 1.807) is 0 Å². The molecule has 1 saturated carbocycles. The lowest BCUT2D eigenvalue weighted by Crippen LogP contribution is -2.70. The summed E-state index contributed by atoms with van der Waals surface area (Å²) in [5, 5.41) is 0. The van der Waals surface area contributed by atoms with E-state index in [0.717, 1.165) is 38.7 Å². The first-order valence-corrected chi connectivity index (χ1v) is 9.82. The zero-order valence-corrected chi connectivity index (χ0v) is 15.5. The molecule has 0 aromatic carbocycles. The molecule has 0 N–H and O–H groups in total. The maximum atomic E-state index is 6.35. The second-order valence-corrected chi connectivity index (χ2v) is 8.50. The molecule has 1 spiro atoms. The fourth-order valence-corrected chi connectivity index (χ4v) is 5.41. The number of unbranched alkanes of at least 4 members (excludes halogenated alkanes) is 1. The van der Waals surface area contributed by atoms with Crippen LogP contribution in [-0.4, -0.2) is 30.6 Å². The van der Waals surface area contributed by atoms with E-state index in [2.05, 4.69) is 20.8 Å². The molecule has 5 aliphatic rings. The molecule has 0 unspecified atom stereocenters. The van der Waals surface area contributed by atoms with Crippen molar-refractivity contribution in [3.05, 3.63) is 0 Å². The highest BCUT2D eigenvalue weighted by Crippen LogP contribution is 2.60. The van der Waals surface area contributed by atoms with E-state index in [1.807, 2.05) is 6.92 Å². The number of fused-ring (bicyclic) bond motifs is 2. The molecule has 4 heterocycles. The fourth-order valence-electron chi connectivity index (χ4n) is 5.41. The Bertz CT molecular complexity index is 471. The van der Waals surface area contributed by atoms with Gasteiger partial charge in [0, 0.05) is 24.9 Å². The van der Waals surface area contributed by atoms with Gasteiger partial charge in [0.05, 0.1) is 0 Å². The summed E-state index contributed by atoms with van der Waals surface area (Å²) in [5.41, 5.74) is -0.474. The molecule has 5 fully saturated rings. The van der Waals surface area contributed by atoms with Crippen molar-refractivity contribution in [3.8, 4) is 0 Å². The van der Waals surface area contributed by atoms with Crippen molar-refractivity contribution in [1.82, 2.24) is 0 Å². The van der Waals surface area contributed by atoms with Gasteiger partial charge in [0.1, 0.15) is 0 Å². The highest BCUT2D eigenvalue weighted by atomic mass is 17.3. The first-order chi connectivity index (χ1) is 11.5. The average molecular weight is 340 g/mol. The Morgan fingerprint density at radius 3 is 2.71 bits per heavy atom. The molecule has 0 aromatic heterocycles. The van der Waals surface area contributed by atoms with Gasteiger partial charge in [0.15, 0.2) is 18.2 Å². The van der Waals surface area contributed by atoms with E-state index in [4.69, 9.17) is 24.0 Å². The summed E-state index contributed by atoms with van der Waals surface area (Å²) in [5.74, 6) is 0.954. The van der Waals surface area contributed by atoms with Crippen molar-refractivity contribution >= 4 is 0 Å². The predicted octanol–water partition coefficient (Wildman–Crippen LogP) is 4.01. The summed E-state index contributed by atoms with van der Waals surface area (Å²) in [6.07, 6.45) is 5.87. The minimum Gasteiger partial charge on any atom is -0.352 e. The Kier molecular flexibility index (Phi) is 4.45. The lowest BCUT2D eigenvalue weighted by Gasteiger charge is -2.60. The van der Waals surface area contributed by atoms with E-state index in [-0.39, 0.29) is 18.5 Å². The summed E-state index contributed by atoms with van der Waals surface area (Å²) in [4.78, 5) is 11.9. The minimum atomic E-state index is -0.702. The van der Waals surface area contributed by atoms with E-state index in [9.17, 15) is 0 Å². The molecular formula is C19H32O5. The van der Waals surface area contributed by atoms with Crippen LogP contribution in [-0.2, 0) is 24.0 Å². The van der Waals surface area contributed by atoms with Crippen LogP contribution in [0.15, 0.2) is 0 Å². The van der Waals surface area contributed by atoms with Gasteiger partial charge >= 0.3 is 0 Å². The largest absolute Gasteiger partial charge is 0.352 e. The summed E-state index contributed by atoms with van der Waals surface area (Å²) in [6, 6.07) is 0. The molecule has 2 bridgehead atoms. The molecule has 138 valence electrons. The minimum absolute atomic E-state index is 0.210. The van der Waals surface area contributed by atoms with Crippen molar-refractivity contribution in [1.29, 1.82) is 0 Å². The second kappa shape index (κ2) is 6.20. The van der Waals surface area contributed by atoms with E-state index >= 15 is 0 Å². The van der Waals surface area contributed by atoms with Crippen molar-refractivity contribution in [2.75, 3.05) is 6.61 Å². The summed E-state index contributed by atoms with van der Waals surface area (Å²) >= 11 is 0. The molecule has 4 saturated heterocycles. The van der Waals surface area contributed by atoms with Crippen LogP contribution in [0.5, 0.6) is 0 Å². The lowest BCUT2D eigenvalue weighted by molar-refractivity contribution is -0.577. The van der Waals surface area contributed by atoms with Gasteiger partial charge in [-0.1, -0.05) is 27.2 Å². The van der Waals surface area contributed by atoms with Gasteiger partial charge in [0.2, 0.25) is 5.79 Å². The summed E-state index contributed by atoms with van der Waals surface area (Å²) in [6.45, 7) is 9.46. The maximum absolute atomic E-state index is 6.35. The molecule has 5 nitrogen and oxygen atoms in total. The third-order valence-electron chi connectivity index (χ3n) is 6.88. The van der Waals surface area contributed by atoms with Crippen LogP contribution in [0.25, 0.3) is 0 Å². The first kappa shape index (κ1) is 17.2. The van der Waals surface area contributed by atoms with Gasteiger partial charge in [-0.25, -0.2) is 9.78 Å². The molecule has 8 atom stereocenters. The van der Waals surface area contributed by atoms with Gasteiger partial charge < -0.3 is 14.2 Å². The van der Waals surface area contributed by atoms with Crippen LogP contribution in [0.4, 0.5) is 0 Å². The van der Waals surface area contributed by atoms with Crippen molar-refractivity contribution in [2.45, 2.75) is 90.2 Å². The Hall–Kier alpha value is -0.200. The maximum Gasteiger partial charge on any atom is 0.201 e. The van der Waals surface area contributed by atoms with Gasteiger partial charge in [0.25, 0.3) is 0 Å². The second-order valence-electron chi connectivity index (χ2n) is 8.50. The molecular weight excluding hydrogens is 308 g/mol. The molecule has 0 aromatic rings. The van der Waals surface area contributed by atoms with Gasteiger partial charge in [-0.3, -0.25) is 0 Å². The van der Waals surface area contributed by atoms with Crippen LogP contribution in [0.3, 0.4) is 0 Å². The Morgan fingerprint density at radius 1 is 1.08 bits per heavy atom. The summed E-state index contributed by atoms with van der Waals surface area (Å²) in [7, 11) is 0. The van der Waals surface area contributed by atoms with Crippen LogP contribution >= 0.6 is 0 Å². The van der Waals surface area contributed by atoms with Crippen molar-refractivity contribution in [3.63, 3.8) is 0 Å². The molecule has 0 radical (unpaired) electrons. The molecule has 4 aliphatic heterocycles. The standard InChI is InChI=1S/C19H32O5/c1-5-6-11-20-16-13(3)15-8-7-12(2)14-9-10-18(4)22-17(21-16)19(14,15)24-23-18/h12-17H,5-11H2,1-4H3/t12-,13-,14+,15+,16+,17+,18-,19-/m1/s1. The third kappa shape index (κ3) is 2.47. The van der Waals surface area contributed by atoms with Crippen molar-refractivity contribution in [2.24, 2.45) is 23.7 Å². The SMILES string of the molecule is CCCCO[C@H]1O[C@H]2O[C@@]3(C)CC[C@H]4[C@H](C)CC[C@@H]([C@H]1C)[C@@]24OO3. The van der Waals surface area contributed by atoms with Crippen LogP contribution in [0, 0.1) is 23.7 Å². The monoisotopic (exact) mass is 340 g/mol. The molecule has 1 aliphatic carbocycles. The summed E-state index contributed by atoms with van der Waals surface area (Å²) < 4.78 is 18.7. The predicted molar refractivity (Wildman–Crippen MR) is 87.7 cm³/mol. The molecule has 5 heteroatoms. The first-order valence-electron chi connectivity index (χ1n) is 9.82. The highest BCUT2D eigenvalue weighted by molar-refractivity contribution is 5.09. The number of ether oxygens (including phenoxy) is 3. The van der Waals surface area contributed by atoms with Gasteiger partial charge in [-0.2, -0.15) is 0 Å². The van der Waals surface area contributed by atoms with Crippen LogP contribution < -0.4 is 0 Å². The highest BCUT2D eigenvalue weighted by Gasteiger charge is 2.69. The number of hydrogen-bond donors (Lipinski definition) is 0. The van der Waals surface area contributed by atoms with E-state index < -0.39 is 11.4 Å². The Balaban J connectivity index is 1.64. The van der Waals surface area contributed by atoms with Crippen LogP contribution in [0.1, 0.15) is 66.2 Å². The molecule has 24 heavy (non-hydrogen) atoms. The number of rotatable bonds is 4. The zero-order chi connectivity index (χ0) is 16.9. The third-order valence-corrected chi connectivity index (χ3v) is 6.88. The van der Waals surface area contributed by atoms with Crippen LogP contribution in [0.2, 0.25) is 0 Å². The normalized spacial score (nSPS) is 53.5. The lowest BCUT2D eigenvalue weighted by atomic mass is 9.58. The average Bonchev–Trinajstić information content (AvgIpc) is 2.78. The van der Waals surface area contributed by atoms with E-state index in [0.29, 0.717) is 17.8 Å². The molecule has 0 amide bonds. The Morgan fingerprint density at radius 2 is 1.92 bits per heavy atom. The number of hydrogen-bond acceptors (Lipinski definition) is 5. The zero-order valence-electron chi connectivity index (χ0n) is 15.5. The van der Waals surface area contributed by atoms with Crippen molar-refractivity contribution < 1.29 is 24.0 Å². The van der Waals surface area contributed by atoms with Gasteiger partial charge in [-0.15, -0.1) is 0 Å². The Labute approximate surface area is 145 Å².